The SMILES string of the molecule is CC(C)C(N)C(=O)NCCN1CCCCCC1. The Morgan fingerprint density at radius 2 is 1.82 bits per heavy atom. The molecule has 0 aromatic rings. The van der Waals surface area contributed by atoms with Gasteiger partial charge in [0.1, 0.15) is 0 Å². The van der Waals surface area contributed by atoms with E-state index in [1.165, 1.54) is 38.8 Å². The Balaban J connectivity index is 2.15. The molecule has 1 unspecified atom stereocenters. The van der Waals surface area contributed by atoms with E-state index < -0.39 is 0 Å². The molecule has 0 radical (unpaired) electrons. The molecular weight excluding hydrogens is 214 g/mol. The highest BCUT2D eigenvalue weighted by atomic mass is 16.2. The number of nitrogens with two attached hydrogens (primary N) is 1. The first kappa shape index (κ1) is 14.5. The van der Waals surface area contributed by atoms with Gasteiger partial charge in [-0.05, 0) is 31.8 Å². The Morgan fingerprint density at radius 3 is 2.35 bits per heavy atom. The molecule has 1 fully saturated rings. The number of nitrogens with one attached hydrogen (secondary N) is 1. The lowest BCUT2D eigenvalue weighted by molar-refractivity contribution is -0.123. The van der Waals surface area contributed by atoms with Crippen LogP contribution in [0.1, 0.15) is 39.5 Å². The van der Waals surface area contributed by atoms with Gasteiger partial charge in [-0.25, -0.2) is 0 Å². The zero-order chi connectivity index (χ0) is 12.7. The van der Waals surface area contributed by atoms with Crippen molar-refractivity contribution in [2.45, 2.75) is 45.6 Å². The highest BCUT2D eigenvalue weighted by Crippen LogP contribution is 2.08. The van der Waals surface area contributed by atoms with E-state index in [0.29, 0.717) is 0 Å². The molecule has 0 spiro atoms. The molecule has 4 nitrogen and oxygen atoms in total. The second-order valence-corrected chi connectivity index (χ2v) is 5.32. The second-order valence-electron chi connectivity index (χ2n) is 5.32. The molecule has 0 bridgehead atoms. The van der Waals surface area contributed by atoms with Crippen molar-refractivity contribution in [2.24, 2.45) is 11.7 Å². The maximum atomic E-state index is 11.6. The van der Waals surface area contributed by atoms with Gasteiger partial charge in [-0.15, -0.1) is 0 Å². The van der Waals surface area contributed by atoms with Gasteiger partial charge in [-0.2, -0.15) is 0 Å². The van der Waals surface area contributed by atoms with E-state index in [2.05, 4.69) is 10.2 Å². The minimum absolute atomic E-state index is 0.0187. The molecule has 17 heavy (non-hydrogen) atoms. The molecule has 1 aliphatic rings. The highest BCUT2D eigenvalue weighted by molar-refractivity contribution is 5.81. The smallest absolute Gasteiger partial charge is 0.237 e. The van der Waals surface area contributed by atoms with Crippen LogP contribution in [0.2, 0.25) is 0 Å². The van der Waals surface area contributed by atoms with Crippen LogP contribution in [0, 0.1) is 5.92 Å². The van der Waals surface area contributed by atoms with Gasteiger partial charge in [0.25, 0.3) is 0 Å². The Labute approximate surface area is 105 Å². The molecule has 3 N–H and O–H groups in total. The largest absolute Gasteiger partial charge is 0.353 e. The van der Waals surface area contributed by atoms with Crippen LogP contribution in [0.25, 0.3) is 0 Å². The molecule has 4 heteroatoms. The van der Waals surface area contributed by atoms with E-state index in [0.717, 1.165) is 13.1 Å². The lowest BCUT2D eigenvalue weighted by Crippen LogP contribution is -2.46. The summed E-state index contributed by atoms with van der Waals surface area (Å²) in [6.45, 7) is 7.96. The van der Waals surface area contributed by atoms with Crippen molar-refractivity contribution in [3.8, 4) is 0 Å². The maximum absolute atomic E-state index is 11.6. The molecule has 1 rings (SSSR count). The first-order valence-corrected chi connectivity index (χ1v) is 6.87. The standard InChI is InChI=1S/C13H27N3O/c1-11(2)12(14)13(17)15-7-10-16-8-5-3-4-6-9-16/h11-12H,3-10,14H2,1-2H3,(H,15,17). The van der Waals surface area contributed by atoms with Crippen molar-refractivity contribution in [1.29, 1.82) is 0 Å². The summed E-state index contributed by atoms with van der Waals surface area (Å²) < 4.78 is 0. The van der Waals surface area contributed by atoms with Crippen molar-refractivity contribution in [2.75, 3.05) is 26.2 Å². The van der Waals surface area contributed by atoms with Crippen LogP contribution in [0.15, 0.2) is 0 Å². The van der Waals surface area contributed by atoms with Gasteiger partial charge in [0.15, 0.2) is 0 Å². The number of hydrogen-bond acceptors (Lipinski definition) is 3. The van der Waals surface area contributed by atoms with Crippen molar-refractivity contribution in [3.05, 3.63) is 0 Å². The zero-order valence-electron chi connectivity index (χ0n) is 11.2. The lowest BCUT2D eigenvalue weighted by Gasteiger charge is -2.21. The molecule has 0 aromatic heterocycles. The Morgan fingerprint density at radius 1 is 1.24 bits per heavy atom. The van der Waals surface area contributed by atoms with Crippen molar-refractivity contribution in [3.63, 3.8) is 0 Å². The number of carbonyl (C=O) groups excluding carboxylic acids is 1. The third-order valence-electron chi connectivity index (χ3n) is 3.45. The fourth-order valence-corrected chi connectivity index (χ4v) is 2.12. The number of carbonyl (C=O) groups is 1. The van der Waals surface area contributed by atoms with Crippen LogP contribution >= 0.6 is 0 Å². The normalized spacial score (nSPS) is 20.0. The number of likely N-dealkylation sites (tertiary alicyclic amines) is 1. The van der Waals surface area contributed by atoms with Crippen molar-refractivity contribution in [1.82, 2.24) is 10.2 Å². The van der Waals surface area contributed by atoms with Gasteiger partial charge in [0, 0.05) is 13.1 Å². The Bertz CT molecular complexity index is 223. The fraction of sp³-hybridized carbons (Fsp3) is 0.923. The molecular formula is C13H27N3O. The van der Waals surface area contributed by atoms with Crippen LogP contribution in [-0.2, 0) is 4.79 Å². The molecule has 0 aromatic carbocycles. The predicted octanol–water partition coefficient (Wildman–Crippen LogP) is 0.962. The van der Waals surface area contributed by atoms with Crippen LogP contribution in [0.5, 0.6) is 0 Å². The zero-order valence-corrected chi connectivity index (χ0v) is 11.2. The minimum Gasteiger partial charge on any atom is -0.353 e. The van der Waals surface area contributed by atoms with Crippen LogP contribution < -0.4 is 11.1 Å². The summed E-state index contributed by atoms with van der Waals surface area (Å²) in [5.74, 6) is 0.183. The molecule has 1 saturated heterocycles. The quantitative estimate of drug-likeness (QED) is 0.754. The topological polar surface area (TPSA) is 58.4 Å². The summed E-state index contributed by atoms with van der Waals surface area (Å²) in [4.78, 5) is 14.1. The second kappa shape index (κ2) is 7.67. The summed E-state index contributed by atoms with van der Waals surface area (Å²) in [6.07, 6.45) is 5.28. The molecule has 1 aliphatic heterocycles. The lowest BCUT2D eigenvalue weighted by atomic mass is 10.1. The number of rotatable bonds is 5. The summed E-state index contributed by atoms with van der Waals surface area (Å²) in [5.41, 5.74) is 5.78. The van der Waals surface area contributed by atoms with E-state index in [1.54, 1.807) is 0 Å². The van der Waals surface area contributed by atoms with E-state index >= 15 is 0 Å². The highest BCUT2D eigenvalue weighted by Gasteiger charge is 2.16. The van der Waals surface area contributed by atoms with E-state index in [1.807, 2.05) is 13.8 Å². The molecule has 1 amide bonds. The number of hydrogen-bond donors (Lipinski definition) is 2. The molecule has 1 atom stereocenters. The van der Waals surface area contributed by atoms with E-state index in [4.69, 9.17) is 5.73 Å². The van der Waals surface area contributed by atoms with Crippen LogP contribution in [-0.4, -0.2) is 43.0 Å². The molecule has 0 saturated carbocycles. The fourth-order valence-electron chi connectivity index (χ4n) is 2.12. The molecule has 0 aliphatic carbocycles. The van der Waals surface area contributed by atoms with Crippen molar-refractivity contribution < 1.29 is 4.79 Å². The number of nitrogens with zero attached hydrogens (tertiary/aromatic N) is 1. The maximum Gasteiger partial charge on any atom is 0.237 e. The van der Waals surface area contributed by atoms with Gasteiger partial charge in [0.2, 0.25) is 5.91 Å². The molecule has 1 heterocycles. The van der Waals surface area contributed by atoms with Gasteiger partial charge in [0.05, 0.1) is 6.04 Å². The third-order valence-corrected chi connectivity index (χ3v) is 3.45. The van der Waals surface area contributed by atoms with E-state index in [9.17, 15) is 4.79 Å². The minimum atomic E-state index is -0.376. The molecule has 100 valence electrons. The van der Waals surface area contributed by atoms with Crippen LogP contribution in [0.3, 0.4) is 0 Å². The Kier molecular flexibility index (Phi) is 6.52. The summed E-state index contributed by atoms with van der Waals surface area (Å²) >= 11 is 0. The summed E-state index contributed by atoms with van der Waals surface area (Å²) in [6, 6.07) is -0.376. The van der Waals surface area contributed by atoms with Gasteiger partial charge in [-0.3, -0.25) is 4.79 Å². The van der Waals surface area contributed by atoms with E-state index in [-0.39, 0.29) is 17.9 Å². The summed E-state index contributed by atoms with van der Waals surface area (Å²) in [5, 5.41) is 2.93. The van der Waals surface area contributed by atoms with Crippen LogP contribution in [0.4, 0.5) is 0 Å². The monoisotopic (exact) mass is 241 g/mol. The van der Waals surface area contributed by atoms with Gasteiger partial charge in [-0.1, -0.05) is 26.7 Å². The Hall–Kier alpha value is -0.610. The third kappa shape index (κ3) is 5.50. The van der Waals surface area contributed by atoms with Gasteiger partial charge < -0.3 is 16.0 Å². The predicted molar refractivity (Wildman–Crippen MR) is 70.7 cm³/mol. The first-order chi connectivity index (χ1) is 8.11. The van der Waals surface area contributed by atoms with Gasteiger partial charge >= 0.3 is 0 Å². The first-order valence-electron chi connectivity index (χ1n) is 6.87. The number of amides is 1. The average Bonchev–Trinajstić information content (AvgIpc) is 2.56. The summed E-state index contributed by atoms with van der Waals surface area (Å²) in [7, 11) is 0. The van der Waals surface area contributed by atoms with Crippen molar-refractivity contribution >= 4 is 5.91 Å². The average molecular weight is 241 g/mol.